The lowest BCUT2D eigenvalue weighted by atomic mass is 10.1. The summed E-state index contributed by atoms with van der Waals surface area (Å²) in [5.74, 6) is 0.405. The molecule has 0 spiro atoms. The third-order valence-corrected chi connectivity index (χ3v) is 5.48. The normalized spacial score (nSPS) is 11.7. The van der Waals surface area contributed by atoms with E-state index in [1.54, 1.807) is 48.0 Å². The van der Waals surface area contributed by atoms with Gasteiger partial charge < -0.3 is 10.2 Å². The first-order chi connectivity index (χ1) is 13.5. The Morgan fingerprint density at radius 3 is 2.46 bits per heavy atom. The van der Waals surface area contributed by atoms with Gasteiger partial charge >= 0.3 is 0 Å². The van der Waals surface area contributed by atoms with E-state index >= 15 is 0 Å². The van der Waals surface area contributed by atoms with Crippen LogP contribution in [-0.4, -0.2) is 48.4 Å². The van der Waals surface area contributed by atoms with Crippen molar-refractivity contribution in [1.82, 2.24) is 10.2 Å². The minimum Gasteiger partial charge on any atom is -0.344 e. The molecule has 0 radical (unpaired) electrons. The van der Waals surface area contributed by atoms with Gasteiger partial charge in [-0.05, 0) is 49.0 Å². The molecule has 1 N–H and O–H groups in total. The van der Waals surface area contributed by atoms with Crippen LogP contribution in [0.1, 0.15) is 28.8 Å². The van der Waals surface area contributed by atoms with Gasteiger partial charge in [-0.3, -0.25) is 9.59 Å². The predicted molar refractivity (Wildman–Crippen MR) is 118 cm³/mol. The van der Waals surface area contributed by atoms with Gasteiger partial charge in [-0.2, -0.15) is 11.8 Å². The van der Waals surface area contributed by atoms with E-state index in [9.17, 15) is 9.59 Å². The maximum atomic E-state index is 12.9. The molecule has 28 heavy (non-hydrogen) atoms. The standard InChI is InChI=1S/C22H27ClN2O2S/c1-25(15-8-11-17-9-4-3-5-10-17)22(27)20(14-16-28-2)24-21(26)18-12-6-7-13-19(18)23/h3-7,9-10,12-13,20H,8,11,14-16H2,1-2H3,(H,24,26). The lowest BCUT2D eigenvalue weighted by molar-refractivity contribution is -0.132. The Kier molecular flexibility index (Phi) is 9.38. The zero-order valence-electron chi connectivity index (χ0n) is 16.4. The van der Waals surface area contributed by atoms with E-state index in [1.807, 2.05) is 24.5 Å². The van der Waals surface area contributed by atoms with E-state index in [-0.39, 0.29) is 11.8 Å². The van der Waals surface area contributed by atoms with Crippen LogP contribution in [0.25, 0.3) is 0 Å². The maximum Gasteiger partial charge on any atom is 0.253 e. The highest BCUT2D eigenvalue weighted by atomic mass is 35.5. The molecular weight excluding hydrogens is 392 g/mol. The van der Waals surface area contributed by atoms with Gasteiger partial charge in [-0.25, -0.2) is 0 Å². The SMILES string of the molecule is CSCCC(NC(=O)c1ccccc1Cl)C(=O)N(C)CCCc1ccccc1. The maximum absolute atomic E-state index is 12.9. The quantitative estimate of drug-likeness (QED) is 0.626. The van der Waals surface area contributed by atoms with Crippen molar-refractivity contribution in [3.05, 3.63) is 70.7 Å². The van der Waals surface area contributed by atoms with E-state index in [4.69, 9.17) is 11.6 Å². The minimum atomic E-state index is -0.557. The molecule has 0 saturated heterocycles. The molecule has 6 heteroatoms. The number of aryl methyl sites for hydroxylation is 1. The molecule has 0 aliphatic carbocycles. The zero-order valence-corrected chi connectivity index (χ0v) is 17.9. The van der Waals surface area contributed by atoms with Crippen LogP contribution < -0.4 is 5.32 Å². The van der Waals surface area contributed by atoms with E-state index in [0.717, 1.165) is 18.6 Å². The third kappa shape index (κ3) is 6.88. The van der Waals surface area contributed by atoms with Crippen molar-refractivity contribution in [3.8, 4) is 0 Å². The first-order valence-corrected chi connectivity index (χ1v) is 11.1. The number of amides is 2. The van der Waals surface area contributed by atoms with Crippen LogP contribution >= 0.6 is 23.4 Å². The number of hydrogen-bond acceptors (Lipinski definition) is 3. The number of halogens is 1. The average Bonchev–Trinajstić information content (AvgIpc) is 2.71. The number of thioether (sulfide) groups is 1. The molecule has 1 atom stereocenters. The molecule has 0 saturated carbocycles. The van der Waals surface area contributed by atoms with Gasteiger partial charge in [-0.1, -0.05) is 54.1 Å². The molecule has 1 unspecified atom stereocenters. The lowest BCUT2D eigenvalue weighted by Gasteiger charge is -2.25. The molecule has 0 aliphatic heterocycles. The number of rotatable bonds is 10. The summed E-state index contributed by atoms with van der Waals surface area (Å²) < 4.78 is 0. The Hall–Kier alpha value is -1.98. The molecule has 0 aromatic heterocycles. The first kappa shape index (κ1) is 22.3. The van der Waals surface area contributed by atoms with Gasteiger partial charge in [0.25, 0.3) is 5.91 Å². The Balaban J connectivity index is 1.95. The van der Waals surface area contributed by atoms with Gasteiger partial charge in [0, 0.05) is 13.6 Å². The van der Waals surface area contributed by atoms with Crippen molar-refractivity contribution in [2.45, 2.75) is 25.3 Å². The molecule has 0 bridgehead atoms. The first-order valence-electron chi connectivity index (χ1n) is 9.36. The molecule has 0 fully saturated rings. The summed E-state index contributed by atoms with van der Waals surface area (Å²) in [7, 11) is 1.79. The highest BCUT2D eigenvalue weighted by Crippen LogP contribution is 2.15. The summed E-state index contributed by atoms with van der Waals surface area (Å²) in [4.78, 5) is 27.2. The highest BCUT2D eigenvalue weighted by molar-refractivity contribution is 7.98. The highest BCUT2D eigenvalue weighted by Gasteiger charge is 2.24. The summed E-state index contributed by atoms with van der Waals surface area (Å²) in [5, 5.41) is 3.25. The molecule has 0 aliphatic rings. The predicted octanol–water partition coefficient (Wildman–Crippen LogP) is 4.28. The van der Waals surface area contributed by atoms with Gasteiger partial charge in [0.2, 0.25) is 5.91 Å². The molecule has 2 rings (SSSR count). The number of carbonyl (C=O) groups excluding carboxylic acids is 2. The Labute approximate surface area is 176 Å². The van der Waals surface area contributed by atoms with Gasteiger partial charge in [0.15, 0.2) is 0 Å². The largest absolute Gasteiger partial charge is 0.344 e. The fourth-order valence-electron chi connectivity index (χ4n) is 2.92. The lowest BCUT2D eigenvalue weighted by Crippen LogP contribution is -2.48. The number of benzene rings is 2. The number of carbonyl (C=O) groups is 2. The molecule has 2 amide bonds. The summed E-state index contributed by atoms with van der Waals surface area (Å²) in [5.41, 5.74) is 1.65. The van der Waals surface area contributed by atoms with Gasteiger partial charge in [0.1, 0.15) is 6.04 Å². The molecule has 2 aromatic rings. The molecule has 2 aromatic carbocycles. The van der Waals surface area contributed by atoms with Crippen molar-refractivity contribution in [2.75, 3.05) is 25.6 Å². The van der Waals surface area contributed by atoms with Crippen LogP contribution in [0, 0.1) is 0 Å². The second-order valence-electron chi connectivity index (χ2n) is 6.64. The zero-order chi connectivity index (χ0) is 20.4. The van der Waals surface area contributed by atoms with Crippen molar-refractivity contribution in [3.63, 3.8) is 0 Å². The second kappa shape index (κ2) is 11.8. The average molecular weight is 419 g/mol. The monoisotopic (exact) mass is 418 g/mol. The summed E-state index contributed by atoms with van der Waals surface area (Å²) in [6, 6.07) is 16.5. The van der Waals surface area contributed by atoms with Crippen LogP contribution in [0.5, 0.6) is 0 Å². The Bertz CT molecular complexity index is 770. The smallest absolute Gasteiger partial charge is 0.253 e. The van der Waals surface area contributed by atoms with Crippen molar-refractivity contribution < 1.29 is 9.59 Å². The second-order valence-corrected chi connectivity index (χ2v) is 8.03. The molecule has 150 valence electrons. The van der Waals surface area contributed by atoms with Crippen LogP contribution in [0.3, 0.4) is 0 Å². The summed E-state index contributed by atoms with van der Waals surface area (Å²) in [6.07, 6.45) is 4.36. The topological polar surface area (TPSA) is 49.4 Å². The molecule has 0 heterocycles. The minimum absolute atomic E-state index is 0.0671. The van der Waals surface area contributed by atoms with E-state index in [1.165, 1.54) is 5.56 Å². The molecule has 4 nitrogen and oxygen atoms in total. The van der Waals surface area contributed by atoms with Gasteiger partial charge in [0.05, 0.1) is 10.6 Å². The number of likely N-dealkylation sites (N-methyl/N-ethyl adjacent to an activating group) is 1. The van der Waals surface area contributed by atoms with Crippen LogP contribution in [0.15, 0.2) is 54.6 Å². The van der Waals surface area contributed by atoms with E-state index in [0.29, 0.717) is 23.6 Å². The van der Waals surface area contributed by atoms with Crippen LogP contribution in [0.4, 0.5) is 0 Å². The van der Waals surface area contributed by atoms with E-state index < -0.39 is 6.04 Å². The van der Waals surface area contributed by atoms with Crippen molar-refractivity contribution in [1.29, 1.82) is 0 Å². The van der Waals surface area contributed by atoms with E-state index in [2.05, 4.69) is 17.4 Å². The van der Waals surface area contributed by atoms with Crippen LogP contribution in [0.2, 0.25) is 5.02 Å². The fraction of sp³-hybridized carbons (Fsp3) is 0.364. The summed E-state index contributed by atoms with van der Waals surface area (Å²) >= 11 is 7.77. The Morgan fingerprint density at radius 2 is 1.79 bits per heavy atom. The fourth-order valence-corrected chi connectivity index (χ4v) is 3.61. The number of hydrogen-bond donors (Lipinski definition) is 1. The van der Waals surface area contributed by atoms with Crippen LogP contribution in [-0.2, 0) is 11.2 Å². The number of nitrogens with one attached hydrogen (secondary N) is 1. The molecular formula is C22H27ClN2O2S. The van der Waals surface area contributed by atoms with Gasteiger partial charge in [-0.15, -0.1) is 0 Å². The summed E-state index contributed by atoms with van der Waals surface area (Å²) in [6.45, 7) is 0.644. The Morgan fingerprint density at radius 1 is 1.11 bits per heavy atom. The van der Waals surface area contributed by atoms with Crippen molar-refractivity contribution in [2.24, 2.45) is 0 Å². The van der Waals surface area contributed by atoms with Crippen molar-refractivity contribution >= 4 is 35.2 Å². The number of nitrogens with zero attached hydrogens (tertiary/aromatic N) is 1. The third-order valence-electron chi connectivity index (χ3n) is 4.51.